The van der Waals surface area contributed by atoms with Gasteiger partial charge >= 0.3 is 0 Å². The van der Waals surface area contributed by atoms with Gasteiger partial charge in [0.25, 0.3) is 0 Å². The maximum atomic E-state index is 13.5. The minimum absolute atomic E-state index is 0.300. The second-order valence-corrected chi connectivity index (χ2v) is 4.73. The Morgan fingerprint density at radius 2 is 1.89 bits per heavy atom. The summed E-state index contributed by atoms with van der Waals surface area (Å²) in [5.74, 6) is -0.300. The highest BCUT2D eigenvalue weighted by Gasteiger charge is 2.07. The monoisotopic (exact) mass is 279 g/mol. The van der Waals surface area contributed by atoms with E-state index in [1.165, 1.54) is 12.1 Å². The fourth-order valence-corrected chi connectivity index (χ4v) is 2.01. The first-order valence-electron chi connectivity index (χ1n) is 6.04. The lowest BCUT2D eigenvalue weighted by Gasteiger charge is -2.12. The van der Waals surface area contributed by atoms with E-state index in [9.17, 15) is 9.50 Å². The Hall–Kier alpha value is -1.42. The predicted molar refractivity (Wildman–Crippen MR) is 74.5 cm³/mol. The standard InChI is InChI=1S/C15H15ClFNO/c16-13-6-7-14(17)12(8-13)9-18-10-15(19)11-4-2-1-3-5-11/h1-8,15,18-19H,9-10H2. The summed E-state index contributed by atoms with van der Waals surface area (Å²) in [5.41, 5.74) is 1.33. The van der Waals surface area contributed by atoms with E-state index in [4.69, 9.17) is 11.6 Å². The van der Waals surface area contributed by atoms with Crippen LogP contribution in [0.15, 0.2) is 48.5 Å². The quantitative estimate of drug-likeness (QED) is 0.880. The highest BCUT2D eigenvalue weighted by atomic mass is 35.5. The third-order valence-electron chi connectivity index (χ3n) is 2.85. The van der Waals surface area contributed by atoms with Gasteiger partial charge in [0.05, 0.1) is 6.10 Å². The molecular weight excluding hydrogens is 265 g/mol. The molecule has 1 atom stereocenters. The lowest BCUT2D eigenvalue weighted by molar-refractivity contribution is 0.174. The van der Waals surface area contributed by atoms with E-state index in [1.807, 2.05) is 30.3 Å². The second-order valence-electron chi connectivity index (χ2n) is 4.29. The van der Waals surface area contributed by atoms with E-state index >= 15 is 0 Å². The lowest BCUT2D eigenvalue weighted by Crippen LogP contribution is -2.21. The molecule has 0 fully saturated rings. The largest absolute Gasteiger partial charge is 0.387 e. The number of aliphatic hydroxyl groups is 1. The average Bonchev–Trinajstić information content (AvgIpc) is 2.43. The van der Waals surface area contributed by atoms with Crippen molar-refractivity contribution in [1.82, 2.24) is 5.32 Å². The first kappa shape index (κ1) is 14.0. The molecule has 2 aromatic carbocycles. The summed E-state index contributed by atoms with van der Waals surface area (Å²) in [7, 11) is 0. The average molecular weight is 280 g/mol. The summed E-state index contributed by atoms with van der Waals surface area (Å²) in [6.07, 6.45) is -0.608. The first-order valence-corrected chi connectivity index (χ1v) is 6.42. The Balaban J connectivity index is 1.88. The minimum Gasteiger partial charge on any atom is -0.387 e. The fraction of sp³-hybridized carbons (Fsp3) is 0.200. The summed E-state index contributed by atoms with van der Waals surface area (Å²) in [6, 6.07) is 13.8. The number of hydrogen-bond donors (Lipinski definition) is 2. The smallest absolute Gasteiger partial charge is 0.127 e. The Bertz CT molecular complexity index is 533. The molecule has 4 heteroatoms. The number of rotatable bonds is 5. The molecule has 2 N–H and O–H groups in total. The van der Waals surface area contributed by atoms with Gasteiger partial charge in [-0.25, -0.2) is 4.39 Å². The molecule has 0 saturated carbocycles. The van der Waals surface area contributed by atoms with Crippen LogP contribution in [-0.4, -0.2) is 11.7 Å². The van der Waals surface area contributed by atoms with Crippen molar-refractivity contribution < 1.29 is 9.50 Å². The van der Waals surface area contributed by atoms with Gasteiger partial charge in [0, 0.05) is 23.7 Å². The summed E-state index contributed by atoms with van der Waals surface area (Å²) in [6.45, 7) is 0.687. The van der Waals surface area contributed by atoms with E-state index in [1.54, 1.807) is 6.07 Å². The summed E-state index contributed by atoms with van der Waals surface area (Å²) in [4.78, 5) is 0. The van der Waals surface area contributed by atoms with Crippen LogP contribution in [0, 0.1) is 5.82 Å². The number of halogens is 2. The molecule has 0 saturated heterocycles. The maximum absolute atomic E-state index is 13.5. The van der Waals surface area contributed by atoms with Crippen molar-refractivity contribution in [2.24, 2.45) is 0 Å². The van der Waals surface area contributed by atoms with Crippen molar-refractivity contribution >= 4 is 11.6 Å². The van der Waals surface area contributed by atoms with Crippen molar-refractivity contribution in [3.63, 3.8) is 0 Å². The van der Waals surface area contributed by atoms with Crippen LogP contribution in [0.2, 0.25) is 5.02 Å². The number of benzene rings is 2. The molecule has 100 valence electrons. The minimum atomic E-state index is -0.608. The molecule has 2 aromatic rings. The van der Waals surface area contributed by atoms with Crippen LogP contribution in [-0.2, 0) is 6.54 Å². The van der Waals surface area contributed by atoms with Crippen LogP contribution in [0.25, 0.3) is 0 Å². The molecule has 19 heavy (non-hydrogen) atoms. The van der Waals surface area contributed by atoms with E-state index in [2.05, 4.69) is 5.32 Å². The number of hydrogen-bond acceptors (Lipinski definition) is 2. The molecule has 0 aliphatic heterocycles. The Kier molecular flexibility index (Phi) is 4.91. The van der Waals surface area contributed by atoms with Crippen LogP contribution in [0.1, 0.15) is 17.2 Å². The molecule has 0 bridgehead atoms. The lowest BCUT2D eigenvalue weighted by atomic mass is 10.1. The molecule has 0 aliphatic rings. The highest BCUT2D eigenvalue weighted by Crippen LogP contribution is 2.15. The molecular formula is C15H15ClFNO. The van der Waals surface area contributed by atoms with Gasteiger partial charge in [-0.2, -0.15) is 0 Å². The third kappa shape index (κ3) is 4.03. The van der Waals surface area contributed by atoms with Crippen molar-refractivity contribution in [2.75, 3.05) is 6.54 Å². The van der Waals surface area contributed by atoms with Gasteiger partial charge in [-0.3, -0.25) is 0 Å². The molecule has 1 unspecified atom stereocenters. The van der Waals surface area contributed by atoms with Crippen LogP contribution < -0.4 is 5.32 Å². The molecule has 0 spiro atoms. The van der Waals surface area contributed by atoms with Gasteiger partial charge in [-0.1, -0.05) is 41.9 Å². The third-order valence-corrected chi connectivity index (χ3v) is 3.08. The van der Waals surface area contributed by atoms with Crippen LogP contribution in [0.4, 0.5) is 4.39 Å². The molecule has 0 aromatic heterocycles. The molecule has 0 radical (unpaired) electrons. The van der Waals surface area contributed by atoms with E-state index in [0.29, 0.717) is 23.7 Å². The van der Waals surface area contributed by atoms with Gasteiger partial charge in [-0.15, -0.1) is 0 Å². The molecule has 0 heterocycles. The van der Waals surface area contributed by atoms with Crippen molar-refractivity contribution in [3.05, 3.63) is 70.5 Å². The van der Waals surface area contributed by atoms with Crippen LogP contribution in [0.3, 0.4) is 0 Å². The van der Waals surface area contributed by atoms with Crippen LogP contribution in [0.5, 0.6) is 0 Å². The number of nitrogens with one attached hydrogen (secondary N) is 1. The first-order chi connectivity index (χ1) is 9.16. The Morgan fingerprint density at radius 3 is 2.63 bits per heavy atom. The van der Waals surface area contributed by atoms with Gasteiger partial charge < -0.3 is 10.4 Å². The summed E-state index contributed by atoms with van der Waals surface area (Å²) in [5, 5.41) is 13.5. The van der Waals surface area contributed by atoms with Gasteiger partial charge in [-0.05, 0) is 23.8 Å². The molecule has 0 aliphatic carbocycles. The zero-order valence-electron chi connectivity index (χ0n) is 10.3. The predicted octanol–water partition coefficient (Wildman–Crippen LogP) is 3.30. The van der Waals surface area contributed by atoms with Crippen molar-refractivity contribution in [2.45, 2.75) is 12.6 Å². The van der Waals surface area contributed by atoms with Gasteiger partial charge in [0.1, 0.15) is 5.82 Å². The second kappa shape index (κ2) is 6.66. The topological polar surface area (TPSA) is 32.3 Å². The molecule has 0 amide bonds. The zero-order chi connectivity index (χ0) is 13.7. The highest BCUT2D eigenvalue weighted by molar-refractivity contribution is 6.30. The molecule has 2 rings (SSSR count). The fourth-order valence-electron chi connectivity index (χ4n) is 1.82. The normalized spacial score (nSPS) is 12.4. The zero-order valence-corrected chi connectivity index (χ0v) is 11.1. The Morgan fingerprint density at radius 1 is 1.16 bits per heavy atom. The van der Waals surface area contributed by atoms with E-state index < -0.39 is 6.10 Å². The van der Waals surface area contributed by atoms with E-state index in [-0.39, 0.29) is 5.82 Å². The molecule has 2 nitrogen and oxygen atoms in total. The SMILES string of the molecule is OC(CNCc1cc(Cl)ccc1F)c1ccccc1. The van der Waals surface area contributed by atoms with E-state index in [0.717, 1.165) is 5.56 Å². The maximum Gasteiger partial charge on any atom is 0.127 e. The van der Waals surface area contributed by atoms with Crippen molar-refractivity contribution in [1.29, 1.82) is 0 Å². The summed E-state index contributed by atoms with van der Waals surface area (Å²) >= 11 is 5.81. The van der Waals surface area contributed by atoms with Gasteiger partial charge in [0.2, 0.25) is 0 Å². The van der Waals surface area contributed by atoms with Crippen LogP contribution >= 0.6 is 11.6 Å². The van der Waals surface area contributed by atoms with Gasteiger partial charge in [0.15, 0.2) is 0 Å². The summed E-state index contributed by atoms with van der Waals surface area (Å²) < 4.78 is 13.5. The van der Waals surface area contributed by atoms with Crippen molar-refractivity contribution in [3.8, 4) is 0 Å². The number of aliphatic hydroxyl groups excluding tert-OH is 1. The Labute approximate surface area is 116 Å².